The normalized spacial score (nSPS) is 19.1. The number of anilines is 1. The van der Waals surface area contributed by atoms with Gasteiger partial charge >= 0.3 is 0 Å². The molecule has 4 N–H and O–H groups in total. The molecule has 20 heavy (non-hydrogen) atoms. The predicted molar refractivity (Wildman–Crippen MR) is 76.4 cm³/mol. The lowest BCUT2D eigenvalue weighted by molar-refractivity contribution is 0.0168. The molecule has 0 spiro atoms. The second-order valence-corrected chi connectivity index (χ2v) is 5.08. The van der Waals surface area contributed by atoms with Gasteiger partial charge in [-0.2, -0.15) is 5.10 Å². The van der Waals surface area contributed by atoms with Gasteiger partial charge in [0.1, 0.15) is 0 Å². The van der Waals surface area contributed by atoms with Gasteiger partial charge in [-0.05, 0) is 37.5 Å². The zero-order valence-corrected chi connectivity index (χ0v) is 11.2. The van der Waals surface area contributed by atoms with E-state index in [-0.39, 0.29) is 12.0 Å². The fourth-order valence-corrected chi connectivity index (χ4v) is 2.46. The maximum Gasteiger partial charge on any atom is 0.272 e. The van der Waals surface area contributed by atoms with Crippen molar-refractivity contribution in [2.24, 2.45) is 0 Å². The molecule has 0 saturated carbocycles. The standard InChI is InChI=1S/C14H18N4O2/c15-9-4-5-12-11(7-9)13(18-17-12)14(19)16-8-10-3-1-2-6-20-10/h4-5,7,10H,1-3,6,8,15H2,(H,16,19)(H,17,18). The summed E-state index contributed by atoms with van der Waals surface area (Å²) < 4.78 is 5.59. The van der Waals surface area contributed by atoms with Gasteiger partial charge in [0, 0.05) is 24.2 Å². The first-order chi connectivity index (χ1) is 9.74. The Kier molecular flexibility index (Phi) is 3.56. The number of benzene rings is 1. The number of aromatic nitrogens is 2. The summed E-state index contributed by atoms with van der Waals surface area (Å²) in [5, 5.41) is 10.5. The van der Waals surface area contributed by atoms with Crippen molar-refractivity contribution < 1.29 is 9.53 Å². The molecule has 1 amide bonds. The van der Waals surface area contributed by atoms with Crippen molar-refractivity contribution >= 4 is 22.5 Å². The fraction of sp³-hybridized carbons (Fsp3) is 0.429. The monoisotopic (exact) mass is 274 g/mol. The third-order valence-electron chi connectivity index (χ3n) is 3.57. The molecule has 1 saturated heterocycles. The van der Waals surface area contributed by atoms with E-state index >= 15 is 0 Å². The Balaban J connectivity index is 1.70. The summed E-state index contributed by atoms with van der Waals surface area (Å²) in [6.45, 7) is 1.30. The summed E-state index contributed by atoms with van der Waals surface area (Å²) in [4.78, 5) is 12.2. The Morgan fingerprint density at radius 1 is 1.50 bits per heavy atom. The molecule has 0 radical (unpaired) electrons. The third kappa shape index (κ3) is 2.60. The Morgan fingerprint density at radius 3 is 3.20 bits per heavy atom. The van der Waals surface area contributed by atoms with Crippen molar-refractivity contribution in [3.63, 3.8) is 0 Å². The third-order valence-corrected chi connectivity index (χ3v) is 3.57. The number of rotatable bonds is 3. The molecular weight excluding hydrogens is 256 g/mol. The van der Waals surface area contributed by atoms with Crippen molar-refractivity contribution in [1.29, 1.82) is 0 Å². The first-order valence-corrected chi connectivity index (χ1v) is 6.87. The highest BCUT2D eigenvalue weighted by Crippen LogP contribution is 2.19. The molecule has 1 atom stereocenters. The summed E-state index contributed by atoms with van der Waals surface area (Å²) in [5.41, 5.74) is 7.55. The Bertz CT molecular complexity index is 617. The van der Waals surface area contributed by atoms with Crippen LogP contribution in [-0.2, 0) is 4.74 Å². The number of hydrogen-bond donors (Lipinski definition) is 3. The Labute approximate surface area is 116 Å². The van der Waals surface area contributed by atoms with Crippen LogP contribution in [-0.4, -0.2) is 35.4 Å². The molecule has 1 aromatic heterocycles. The van der Waals surface area contributed by atoms with Crippen LogP contribution in [0.2, 0.25) is 0 Å². The second kappa shape index (κ2) is 5.50. The minimum Gasteiger partial charge on any atom is -0.399 e. The lowest BCUT2D eigenvalue weighted by Crippen LogP contribution is -2.35. The number of hydrogen-bond acceptors (Lipinski definition) is 4. The van der Waals surface area contributed by atoms with Gasteiger partial charge in [-0.3, -0.25) is 9.89 Å². The van der Waals surface area contributed by atoms with Gasteiger partial charge in [0.15, 0.2) is 5.69 Å². The van der Waals surface area contributed by atoms with E-state index in [1.54, 1.807) is 12.1 Å². The number of nitrogens with one attached hydrogen (secondary N) is 2. The van der Waals surface area contributed by atoms with Crippen molar-refractivity contribution in [3.8, 4) is 0 Å². The van der Waals surface area contributed by atoms with E-state index in [1.165, 1.54) is 0 Å². The number of nitrogens with two attached hydrogens (primary N) is 1. The average molecular weight is 274 g/mol. The predicted octanol–water partition coefficient (Wildman–Crippen LogP) is 1.44. The first-order valence-electron chi connectivity index (χ1n) is 6.87. The molecule has 1 aromatic carbocycles. The van der Waals surface area contributed by atoms with E-state index in [1.807, 2.05) is 6.07 Å². The molecule has 0 bridgehead atoms. The van der Waals surface area contributed by atoms with Crippen molar-refractivity contribution in [3.05, 3.63) is 23.9 Å². The van der Waals surface area contributed by atoms with Crippen molar-refractivity contribution in [2.45, 2.75) is 25.4 Å². The van der Waals surface area contributed by atoms with Gasteiger partial charge < -0.3 is 15.8 Å². The van der Waals surface area contributed by atoms with Crippen molar-refractivity contribution in [1.82, 2.24) is 15.5 Å². The lowest BCUT2D eigenvalue weighted by Gasteiger charge is -2.22. The molecule has 6 heteroatoms. The SMILES string of the molecule is Nc1ccc2[nH]nc(C(=O)NCC3CCCCO3)c2c1. The van der Waals surface area contributed by atoms with Crippen LogP contribution >= 0.6 is 0 Å². The van der Waals surface area contributed by atoms with Gasteiger partial charge in [-0.25, -0.2) is 0 Å². The van der Waals surface area contributed by atoms with Crippen LogP contribution in [0.4, 0.5) is 5.69 Å². The Morgan fingerprint density at radius 2 is 2.40 bits per heavy atom. The van der Waals surface area contributed by atoms with Crippen LogP contribution in [0, 0.1) is 0 Å². The summed E-state index contributed by atoms with van der Waals surface area (Å²) >= 11 is 0. The molecule has 106 valence electrons. The lowest BCUT2D eigenvalue weighted by atomic mass is 10.1. The van der Waals surface area contributed by atoms with Gasteiger partial charge in [-0.15, -0.1) is 0 Å². The molecule has 1 fully saturated rings. The number of H-pyrrole nitrogens is 1. The molecule has 1 unspecified atom stereocenters. The van der Waals surface area contributed by atoms with Crippen LogP contribution < -0.4 is 11.1 Å². The van der Waals surface area contributed by atoms with E-state index in [0.29, 0.717) is 17.9 Å². The molecule has 3 rings (SSSR count). The number of nitrogens with zero attached hydrogens (tertiary/aromatic N) is 1. The van der Waals surface area contributed by atoms with E-state index in [4.69, 9.17) is 10.5 Å². The smallest absolute Gasteiger partial charge is 0.272 e. The molecule has 6 nitrogen and oxygen atoms in total. The highest BCUT2D eigenvalue weighted by molar-refractivity contribution is 6.05. The van der Waals surface area contributed by atoms with Crippen LogP contribution in [0.25, 0.3) is 10.9 Å². The molecular formula is C14H18N4O2. The minimum absolute atomic E-state index is 0.114. The summed E-state index contributed by atoms with van der Waals surface area (Å²) in [7, 11) is 0. The maximum atomic E-state index is 12.2. The fourth-order valence-electron chi connectivity index (χ4n) is 2.46. The van der Waals surface area contributed by atoms with Crippen molar-refractivity contribution in [2.75, 3.05) is 18.9 Å². The number of ether oxygens (including phenoxy) is 1. The zero-order chi connectivity index (χ0) is 13.9. The van der Waals surface area contributed by atoms with Gasteiger partial charge in [0.2, 0.25) is 0 Å². The van der Waals surface area contributed by atoms with Gasteiger partial charge in [0.05, 0.1) is 11.6 Å². The topological polar surface area (TPSA) is 93.0 Å². The average Bonchev–Trinajstić information content (AvgIpc) is 2.89. The van der Waals surface area contributed by atoms with Crippen LogP contribution in [0.1, 0.15) is 29.8 Å². The van der Waals surface area contributed by atoms with Gasteiger partial charge in [-0.1, -0.05) is 0 Å². The van der Waals surface area contributed by atoms with Crippen LogP contribution in [0.3, 0.4) is 0 Å². The zero-order valence-electron chi connectivity index (χ0n) is 11.2. The van der Waals surface area contributed by atoms with E-state index < -0.39 is 0 Å². The maximum absolute atomic E-state index is 12.2. The first kappa shape index (κ1) is 12.9. The largest absolute Gasteiger partial charge is 0.399 e. The minimum atomic E-state index is -0.198. The molecule has 0 aliphatic carbocycles. The number of fused-ring (bicyclic) bond motifs is 1. The molecule has 2 heterocycles. The Hall–Kier alpha value is -2.08. The number of carbonyl (C=O) groups is 1. The van der Waals surface area contributed by atoms with Gasteiger partial charge in [0.25, 0.3) is 5.91 Å². The summed E-state index contributed by atoms with van der Waals surface area (Å²) in [5.74, 6) is -0.198. The van der Waals surface area contributed by atoms with E-state index in [9.17, 15) is 4.79 Å². The van der Waals surface area contributed by atoms with E-state index in [2.05, 4.69) is 15.5 Å². The summed E-state index contributed by atoms with van der Waals surface area (Å²) in [6.07, 6.45) is 3.37. The second-order valence-electron chi connectivity index (χ2n) is 5.08. The molecule has 1 aliphatic rings. The summed E-state index contributed by atoms with van der Waals surface area (Å²) in [6, 6.07) is 5.35. The highest BCUT2D eigenvalue weighted by atomic mass is 16.5. The van der Waals surface area contributed by atoms with E-state index in [0.717, 1.165) is 36.8 Å². The molecule has 1 aliphatic heterocycles. The highest BCUT2D eigenvalue weighted by Gasteiger charge is 2.18. The number of carbonyl (C=O) groups excluding carboxylic acids is 1. The van der Waals surface area contributed by atoms with Crippen LogP contribution in [0.15, 0.2) is 18.2 Å². The molecule has 2 aromatic rings. The number of nitrogen functional groups attached to an aromatic ring is 1. The number of aromatic amines is 1. The quantitative estimate of drug-likeness (QED) is 0.738. The van der Waals surface area contributed by atoms with Crippen LogP contribution in [0.5, 0.6) is 0 Å². The number of amides is 1.